The summed E-state index contributed by atoms with van der Waals surface area (Å²) >= 11 is 0. The van der Waals surface area contributed by atoms with Crippen LogP contribution in [0.4, 0.5) is 5.69 Å². The van der Waals surface area contributed by atoms with E-state index in [0.717, 1.165) is 11.3 Å². The first-order valence-electron chi connectivity index (χ1n) is 6.49. The fraction of sp³-hybridized carbons (Fsp3) is 0.429. The van der Waals surface area contributed by atoms with Crippen molar-refractivity contribution in [2.24, 2.45) is 11.8 Å². The summed E-state index contributed by atoms with van der Waals surface area (Å²) < 4.78 is 0. The van der Waals surface area contributed by atoms with Crippen LogP contribution >= 0.6 is 0 Å². The van der Waals surface area contributed by atoms with Crippen molar-refractivity contribution in [2.75, 3.05) is 24.5 Å². The number of carboxylic acids is 1. The van der Waals surface area contributed by atoms with Crippen molar-refractivity contribution < 1.29 is 14.7 Å². The first kappa shape index (κ1) is 12.2. The van der Waals surface area contributed by atoms with Crippen LogP contribution < -0.4 is 10.2 Å². The van der Waals surface area contributed by atoms with Gasteiger partial charge in [0.2, 0.25) is 5.91 Å². The van der Waals surface area contributed by atoms with E-state index < -0.39 is 11.9 Å². The summed E-state index contributed by atoms with van der Waals surface area (Å²) in [5.74, 6) is -1.32. The highest BCUT2D eigenvalue weighted by Crippen LogP contribution is 2.31. The summed E-state index contributed by atoms with van der Waals surface area (Å²) in [5.41, 5.74) is 1.82. The van der Waals surface area contributed by atoms with Crippen LogP contribution in [0, 0.1) is 11.8 Å². The third-order valence-corrected chi connectivity index (χ3v) is 3.90. The molecule has 19 heavy (non-hydrogen) atoms. The molecule has 2 heterocycles. The van der Waals surface area contributed by atoms with Gasteiger partial charge in [-0.1, -0.05) is 18.2 Å². The maximum atomic E-state index is 12.4. The number of aliphatic carboxylic acids is 1. The second-order valence-electron chi connectivity index (χ2n) is 5.17. The molecular formula is C14H16N2O3. The largest absolute Gasteiger partial charge is 0.481 e. The molecule has 3 rings (SSSR count). The van der Waals surface area contributed by atoms with Crippen molar-refractivity contribution in [3.63, 3.8) is 0 Å². The Kier molecular flexibility index (Phi) is 2.98. The number of nitrogens with zero attached hydrogens (tertiary/aromatic N) is 1. The zero-order chi connectivity index (χ0) is 13.4. The Balaban J connectivity index is 1.93. The summed E-state index contributed by atoms with van der Waals surface area (Å²) in [6.45, 7) is 1.66. The smallest absolute Gasteiger partial charge is 0.308 e. The molecule has 1 unspecified atom stereocenters. The van der Waals surface area contributed by atoms with Crippen LogP contribution in [-0.2, 0) is 16.0 Å². The molecular weight excluding hydrogens is 244 g/mol. The number of anilines is 1. The molecule has 0 radical (unpaired) electrons. The van der Waals surface area contributed by atoms with E-state index in [1.54, 1.807) is 4.90 Å². The Bertz CT molecular complexity index is 525. The molecule has 0 aliphatic carbocycles. The van der Waals surface area contributed by atoms with Gasteiger partial charge in [-0.05, 0) is 18.1 Å². The number of carboxylic acid groups (broad SMARTS) is 1. The van der Waals surface area contributed by atoms with Crippen molar-refractivity contribution in [3.05, 3.63) is 29.8 Å². The zero-order valence-corrected chi connectivity index (χ0v) is 10.5. The minimum absolute atomic E-state index is 0.0133. The first-order valence-corrected chi connectivity index (χ1v) is 6.49. The quantitative estimate of drug-likeness (QED) is 0.812. The Hall–Kier alpha value is -1.88. The maximum absolute atomic E-state index is 12.4. The molecule has 100 valence electrons. The fourth-order valence-corrected chi connectivity index (χ4v) is 2.65. The lowest BCUT2D eigenvalue weighted by atomic mass is 9.90. The molecule has 1 atom stereocenters. The van der Waals surface area contributed by atoms with Crippen molar-refractivity contribution >= 4 is 17.6 Å². The number of nitrogens with one attached hydrogen (secondary N) is 1. The van der Waals surface area contributed by atoms with Crippen molar-refractivity contribution in [1.29, 1.82) is 0 Å². The van der Waals surface area contributed by atoms with Crippen molar-refractivity contribution in [2.45, 2.75) is 6.42 Å². The molecule has 0 spiro atoms. The number of amides is 1. The summed E-state index contributed by atoms with van der Waals surface area (Å²) in [7, 11) is 0. The van der Waals surface area contributed by atoms with Gasteiger partial charge < -0.3 is 15.3 Å². The summed E-state index contributed by atoms with van der Waals surface area (Å²) in [5, 5.41) is 12.3. The molecule has 1 amide bonds. The van der Waals surface area contributed by atoms with Gasteiger partial charge in [0, 0.05) is 25.3 Å². The summed E-state index contributed by atoms with van der Waals surface area (Å²) in [4.78, 5) is 25.3. The summed E-state index contributed by atoms with van der Waals surface area (Å²) in [6.07, 6.45) is 0.498. The predicted octanol–water partition coefficient (Wildman–Crippen LogP) is 0.496. The van der Waals surface area contributed by atoms with Gasteiger partial charge in [-0.3, -0.25) is 9.59 Å². The number of benzene rings is 1. The minimum Gasteiger partial charge on any atom is -0.481 e. The van der Waals surface area contributed by atoms with E-state index in [1.807, 2.05) is 24.3 Å². The molecule has 2 N–H and O–H groups in total. The molecule has 1 saturated heterocycles. The van der Waals surface area contributed by atoms with Crippen LogP contribution in [0.3, 0.4) is 0 Å². The highest BCUT2D eigenvalue weighted by atomic mass is 16.4. The Morgan fingerprint density at radius 3 is 2.58 bits per heavy atom. The third kappa shape index (κ3) is 2.10. The van der Waals surface area contributed by atoms with Crippen LogP contribution in [0.25, 0.3) is 0 Å². The first-order chi connectivity index (χ1) is 9.16. The van der Waals surface area contributed by atoms with Gasteiger partial charge in [-0.25, -0.2) is 0 Å². The molecule has 2 aliphatic heterocycles. The molecule has 1 fully saturated rings. The Labute approximate surface area is 111 Å². The highest BCUT2D eigenvalue weighted by molar-refractivity contribution is 5.98. The second-order valence-corrected chi connectivity index (χ2v) is 5.17. The SMILES string of the molecule is O=C(O)C1Cc2ccccc2N(C(=O)C2CNC2)C1. The van der Waals surface area contributed by atoms with Crippen LogP contribution in [0.5, 0.6) is 0 Å². The van der Waals surface area contributed by atoms with E-state index in [4.69, 9.17) is 0 Å². The Morgan fingerprint density at radius 2 is 1.95 bits per heavy atom. The van der Waals surface area contributed by atoms with E-state index >= 15 is 0 Å². The van der Waals surface area contributed by atoms with E-state index in [-0.39, 0.29) is 18.4 Å². The number of fused-ring (bicyclic) bond motifs is 1. The lowest BCUT2D eigenvalue weighted by molar-refractivity contribution is -0.141. The minimum atomic E-state index is -0.834. The standard InChI is InChI=1S/C14H16N2O3/c17-13(11-6-15-7-11)16-8-10(14(18)19)5-9-3-1-2-4-12(9)16/h1-4,10-11,15H,5-8H2,(H,18,19). The molecule has 1 aromatic rings. The van der Waals surface area contributed by atoms with Crippen LogP contribution in [0.1, 0.15) is 5.56 Å². The van der Waals surface area contributed by atoms with Crippen LogP contribution in [0.15, 0.2) is 24.3 Å². The predicted molar refractivity (Wildman–Crippen MR) is 70.0 cm³/mol. The van der Waals surface area contributed by atoms with Crippen molar-refractivity contribution in [1.82, 2.24) is 5.32 Å². The van der Waals surface area contributed by atoms with Crippen LogP contribution in [-0.4, -0.2) is 36.6 Å². The van der Waals surface area contributed by atoms with E-state index in [0.29, 0.717) is 19.5 Å². The van der Waals surface area contributed by atoms with Gasteiger partial charge in [0.05, 0.1) is 11.8 Å². The number of rotatable bonds is 2. The molecule has 0 saturated carbocycles. The lowest BCUT2D eigenvalue weighted by Gasteiger charge is -2.37. The zero-order valence-electron chi connectivity index (χ0n) is 10.5. The number of carbonyl (C=O) groups excluding carboxylic acids is 1. The molecule has 0 bridgehead atoms. The van der Waals surface area contributed by atoms with E-state index in [1.165, 1.54) is 0 Å². The second kappa shape index (κ2) is 4.66. The number of para-hydroxylation sites is 1. The van der Waals surface area contributed by atoms with Gasteiger partial charge in [0.1, 0.15) is 0 Å². The number of hydrogen-bond donors (Lipinski definition) is 2. The average Bonchev–Trinajstić information content (AvgIpc) is 2.35. The molecule has 1 aromatic carbocycles. The van der Waals surface area contributed by atoms with Crippen LogP contribution in [0.2, 0.25) is 0 Å². The molecule has 5 nitrogen and oxygen atoms in total. The number of carbonyl (C=O) groups is 2. The van der Waals surface area contributed by atoms with Gasteiger partial charge >= 0.3 is 5.97 Å². The molecule has 5 heteroatoms. The summed E-state index contributed by atoms with van der Waals surface area (Å²) in [6, 6.07) is 7.58. The highest BCUT2D eigenvalue weighted by Gasteiger charge is 2.36. The van der Waals surface area contributed by atoms with Gasteiger partial charge in [0.25, 0.3) is 0 Å². The number of hydrogen-bond acceptors (Lipinski definition) is 3. The van der Waals surface area contributed by atoms with Gasteiger partial charge in [-0.2, -0.15) is 0 Å². The maximum Gasteiger partial charge on any atom is 0.308 e. The van der Waals surface area contributed by atoms with E-state index in [2.05, 4.69) is 5.32 Å². The molecule has 2 aliphatic rings. The molecule has 0 aromatic heterocycles. The van der Waals surface area contributed by atoms with E-state index in [9.17, 15) is 14.7 Å². The van der Waals surface area contributed by atoms with Gasteiger partial charge in [0.15, 0.2) is 0 Å². The monoisotopic (exact) mass is 260 g/mol. The Morgan fingerprint density at radius 1 is 1.21 bits per heavy atom. The normalized spacial score (nSPS) is 22.5. The average molecular weight is 260 g/mol. The third-order valence-electron chi connectivity index (χ3n) is 3.90. The van der Waals surface area contributed by atoms with Gasteiger partial charge in [-0.15, -0.1) is 0 Å². The fourth-order valence-electron chi connectivity index (χ4n) is 2.65. The van der Waals surface area contributed by atoms with Crippen molar-refractivity contribution in [3.8, 4) is 0 Å². The lowest BCUT2D eigenvalue weighted by Crippen LogP contribution is -2.54. The topological polar surface area (TPSA) is 69.6 Å².